The van der Waals surface area contributed by atoms with Crippen molar-refractivity contribution >= 4 is 5.69 Å². The van der Waals surface area contributed by atoms with E-state index in [0.29, 0.717) is 5.92 Å². The van der Waals surface area contributed by atoms with E-state index < -0.39 is 0 Å². The zero-order valence-electron chi connectivity index (χ0n) is 9.57. The van der Waals surface area contributed by atoms with Crippen LogP contribution in [-0.4, -0.2) is 15.2 Å². The zero-order valence-corrected chi connectivity index (χ0v) is 9.57. The fourth-order valence-electron chi connectivity index (χ4n) is 1.48. The second-order valence-electron chi connectivity index (χ2n) is 4.21. The predicted molar refractivity (Wildman–Crippen MR) is 64.1 cm³/mol. The van der Waals surface area contributed by atoms with Gasteiger partial charge in [-0.05, 0) is 17.7 Å². The van der Waals surface area contributed by atoms with Crippen LogP contribution in [0.1, 0.15) is 37.0 Å². The van der Waals surface area contributed by atoms with E-state index in [1.54, 1.807) is 0 Å². The summed E-state index contributed by atoms with van der Waals surface area (Å²) in [6.07, 6.45) is 0.764. The summed E-state index contributed by atoms with van der Waals surface area (Å²) in [5, 5.41) is 7.13. The summed E-state index contributed by atoms with van der Waals surface area (Å²) in [5.74, 6) is 2.12. The molecule has 2 aromatic rings. The third-order valence-corrected chi connectivity index (χ3v) is 2.42. The fraction of sp³-hybridized carbons (Fsp3) is 0.333. The maximum atomic E-state index is 5.63. The second kappa shape index (κ2) is 4.35. The number of rotatable bonds is 3. The third-order valence-electron chi connectivity index (χ3n) is 2.42. The molecule has 0 radical (unpaired) electrons. The van der Waals surface area contributed by atoms with Gasteiger partial charge in [0, 0.05) is 18.0 Å². The van der Waals surface area contributed by atoms with Crippen LogP contribution in [0.25, 0.3) is 0 Å². The topological polar surface area (TPSA) is 67.6 Å². The quantitative estimate of drug-likeness (QED) is 0.772. The van der Waals surface area contributed by atoms with Gasteiger partial charge in [-0.25, -0.2) is 4.98 Å². The summed E-state index contributed by atoms with van der Waals surface area (Å²) in [7, 11) is 0. The van der Waals surface area contributed by atoms with Gasteiger partial charge in [-0.2, -0.15) is 5.10 Å². The van der Waals surface area contributed by atoms with Crippen molar-refractivity contribution in [2.75, 3.05) is 5.73 Å². The van der Waals surface area contributed by atoms with Crippen LogP contribution in [0.15, 0.2) is 24.3 Å². The van der Waals surface area contributed by atoms with Gasteiger partial charge in [0.2, 0.25) is 0 Å². The number of aromatic amines is 1. The van der Waals surface area contributed by atoms with Crippen molar-refractivity contribution in [2.24, 2.45) is 0 Å². The number of benzene rings is 1. The van der Waals surface area contributed by atoms with Crippen molar-refractivity contribution < 1.29 is 0 Å². The lowest BCUT2D eigenvalue weighted by Crippen LogP contribution is -1.93. The minimum atomic E-state index is 0.358. The molecule has 0 unspecified atom stereocenters. The lowest BCUT2D eigenvalue weighted by molar-refractivity contribution is 0.780. The minimum Gasteiger partial charge on any atom is -0.399 e. The summed E-state index contributed by atoms with van der Waals surface area (Å²) in [4.78, 5) is 4.43. The summed E-state index contributed by atoms with van der Waals surface area (Å²) >= 11 is 0. The Labute approximate surface area is 94.9 Å². The molecule has 3 N–H and O–H groups in total. The largest absolute Gasteiger partial charge is 0.399 e. The number of nitrogens with one attached hydrogen (secondary N) is 1. The van der Waals surface area contributed by atoms with Gasteiger partial charge in [0.1, 0.15) is 5.82 Å². The van der Waals surface area contributed by atoms with Crippen molar-refractivity contribution in [3.8, 4) is 0 Å². The molecule has 0 saturated heterocycles. The first-order chi connectivity index (χ1) is 7.65. The van der Waals surface area contributed by atoms with Crippen molar-refractivity contribution in [1.29, 1.82) is 0 Å². The Morgan fingerprint density at radius 2 is 1.94 bits per heavy atom. The molecule has 1 aromatic heterocycles. The number of nitrogens with two attached hydrogens (primary N) is 1. The summed E-state index contributed by atoms with van der Waals surface area (Å²) in [6.45, 7) is 4.16. The van der Waals surface area contributed by atoms with E-state index in [2.05, 4.69) is 29.0 Å². The molecular weight excluding hydrogens is 200 g/mol. The minimum absolute atomic E-state index is 0.358. The number of hydrogen-bond donors (Lipinski definition) is 2. The van der Waals surface area contributed by atoms with Crippen molar-refractivity contribution in [3.05, 3.63) is 41.5 Å². The van der Waals surface area contributed by atoms with E-state index >= 15 is 0 Å². The molecule has 0 aliphatic heterocycles. The van der Waals surface area contributed by atoms with Crippen LogP contribution in [-0.2, 0) is 6.42 Å². The van der Waals surface area contributed by atoms with Crippen LogP contribution in [0.5, 0.6) is 0 Å². The predicted octanol–water partition coefficient (Wildman–Crippen LogP) is 2.10. The number of H-pyrrole nitrogens is 1. The standard InChI is InChI=1S/C12H16N4/c1-8(2)12-14-11(15-16-12)7-9-3-5-10(13)6-4-9/h3-6,8H,7,13H2,1-2H3,(H,14,15,16). The molecule has 0 fully saturated rings. The second-order valence-corrected chi connectivity index (χ2v) is 4.21. The van der Waals surface area contributed by atoms with Crippen LogP contribution >= 0.6 is 0 Å². The number of hydrogen-bond acceptors (Lipinski definition) is 3. The Balaban J connectivity index is 2.11. The van der Waals surface area contributed by atoms with Gasteiger partial charge < -0.3 is 5.73 Å². The molecular formula is C12H16N4. The third kappa shape index (κ3) is 2.39. The zero-order chi connectivity index (χ0) is 11.5. The molecule has 0 spiro atoms. The highest BCUT2D eigenvalue weighted by molar-refractivity contribution is 5.39. The van der Waals surface area contributed by atoms with Crippen molar-refractivity contribution in [3.63, 3.8) is 0 Å². The molecule has 0 atom stereocenters. The Kier molecular flexibility index (Phi) is 2.90. The summed E-state index contributed by atoms with van der Waals surface area (Å²) in [6, 6.07) is 7.81. The number of anilines is 1. The van der Waals surface area contributed by atoms with Crippen LogP contribution in [0.3, 0.4) is 0 Å². The molecule has 0 saturated carbocycles. The van der Waals surface area contributed by atoms with Crippen LogP contribution in [0.2, 0.25) is 0 Å². The van der Waals surface area contributed by atoms with Gasteiger partial charge in [0.25, 0.3) is 0 Å². The highest BCUT2D eigenvalue weighted by Gasteiger charge is 2.07. The van der Waals surface area contributed by atoms with Crippen molar-refractivity contribution in [2.45, 2.75) is 26.2 Å². The lowest BCUT2D eigenvalue weighted by atomic mass is 10.1. The Morgan fingerprint density at radius 3 is 2.50 bits per heavy atom. The van der Waals surface area contributed by atoms with Crippen molar-refractivity contribution in [1.82, 2.24) is 15.2 Å². The molecule has 1 aromatic carbocycles. The molecule has 1 heterocycles. The molecule has 4 nitrogen and oxygen atoms in total. The first-order valence-electron chi connectivity index (χ1n) is 5.40. The molecule has 4 heteroatoms. The molecule has 0 aliphatic carbocycles. The maximum absolute atomic E-state index is 5.63. The average Bonchev–Trinajstić information content (AvgIpc) is 2.70. The summed E-state index contributed by atoms with van der Waals surface area (Å²) < 4.78 is 0. The van der Waals surface area contributed by atoms with Gasteiger partial charge in [-0.15, -0.1) is 0 Å². The maximum Gasteiger partial charge on any atom is 0.153 e. The first kappa shape index (κ1) is 10.7. The molecule has 84 valence electrons. The van der Waals surface area contributed by atoms with Gasteiger partial charge in [-0.3, -0.25) is 5.10 Å². The molecule has 2 rings (SSSR count). The van der Waals surface area contributed by atoms with E-state index in [4.69, 9.17) is 5.73 Å². The van der Waals surface area contributed by atoms with Gasteiger partial charge >= 0.3 is 0 Å². The molecule has 16 heavy (non-hydrogen) atoms. The smallest absolute Gasteiger partial charge is 0.153 e. The molecule has 0 bridgehead atoms. The summed E-state index contributed by atoms with van der Waals surface area (Å²) in [5.41, 5.74) is 7.59. The molecule has 0 aliphatic rings. The van der Waals surface area contributed by atoms with E-state index in [1.165, 1.54) is 5.56 Å². The molecule has 0 amide bonds. The highest BCUT2D eigenvalue weighted by atomic mass is 15.2. The van der Waals surface area contributed by atoms with Crippen LogP contribution in [0, 0.1) is 0 Å². The Hall–Kier alpha value is -1.84. The average molecular weight is 216 g/mol. The Morgan fingerprint density at radius 1 is 1.25 bits per heavy atom. The number of aromatic nitrogens is 3. The number of nitrogens with zero attached hydrogens (tertiary/aromatic N) is 2. The fourth-order valence-corrected chi connectivity index (χ4v) is 1.48. The van der Waals surface area contributed by atoms with Gasteiger partial charge in [-0.1, -0.05) is 26.0 Å². The van der Waals surface area contributed by atoms with E-state index in [0.717, 1.165) is 23.8 Å². The van der Waals surface area contributed by atoms with Gasteiger partial charge in [0.05, 0.1) is 0 Å². The van der Waals surface area contributed by atoms with Crippen LogP contribution < -0.4 is 5.73 Å². The van der Waals surface area contributed by atoms with Crippen LogP contribution in [0.4, 0.5) is 5.69 Å². The normalized spacial score (nSPS) is 10.9. The Bertz CT molecular complexity index is 456. The van der Waals surface area contributed by atoms with E-state index in [1.807, 2.05) is 24.3 Å². The SMILES string of the molecule is CC(C)c1n[nH]c(Cc2ccc(N)cc2)n1. The van der Waals surface area contributed by atoms with E-state index in [-0.39, 0.29) is 0 Å². The highest BCUT2D eigenvalue weighted by Crippen LogP contribution is 2.12. The van der Waals surface area contributed by atoms with E-state index in [9.17, 15) is 0 Å². The first-order valence-corrected chi connectivity index (χ1v) is 5.40. The monoisotopic (exact) mass is 216 g/mol. The number of nitrogen functional groups attached to an aromatic ring is 1. The van der Waals surface area contributed by atoms with Gasteiger partial charge in [0.15, 0.2) is 5.82 Å². The lowest BCUT2D eigenvalue weighted by Gasteiger charge is -1.98.